The van der Waals surface area contributed by atoms with Gasteiger partial charge in [0.25, 0.3) is 11.7 Å². The first kappa shape index (κ1) is 23.6. The molecule has 8 nitrogen and oxygen atoms in total. The molecule has 2 aromatic carbocycles. The highest BCUT2D eigenvalue weighted by Crippen LogP contribution is 2.43. The zero-order chi connectivity index (χ0) is 25.2. The summed E-state index contributed by atoms with van der Waals surface area (Å²) in [7, 11) is 3.60. The largest absolute Gasteiger partial charge is 0.507 e. The van der Waals surface area contributed by atoms with E-state index in [2.05, 4.69) is 21.8 Å². The van der Waals surface area contributed by atoms with Crippen LogP contribution in [0.2, 0.25) is 0 Å². The van der Waals surface area contributed by atoms with Gasteiger partial charge >= 0.3 is 0 Å². The number of nitrogens with zero attached hydrogens (tertiary/aromatic N) is 4. The van der Waals surface area contributed by atoms with Crippen LogP contribution in [0.4, 0.5) is 11.4 Å². The molecule has 3 aromatic rings. The SMILES string of the molecule is COc1ccccc1/C(O)=C1\C(=O)C(=O)N(c2ccc(N3CCN(C)CC3)cc2)C1c1cccnc1. The molecule has 0 spiro atoms. The molecule has 0 saturated carbocycles. The van der Waals surface area contributed by atoms with Crippen molar-refractivity contribution in [1.82, 2.24) is 9.88 Å². The number of carbonyl (C=O) groups is 2. The Bertz CT molecular complexity index is 1300. The minimum Gasteiger partial charge on any atom is -0.507 e. The van der Waals surface area contributed by atoms with Crippen LogP contribution in [0.25, 0.3) is 5.76 Å². The maximum atomic E-state index is 13.4. The highest BCUT2D eigenvalue weighted by atomic mass is 16.5. The van der Waals surface area contributed by atoms with Gasteiger partial charge in [-0.15, -0.1) is 0 Å². The van der Waals surface area contributed by atoms with E-state index in [1.807, 2.05) is 24.3 Å². The molecule has 2 aliphatic rings. The fourth-order valence-corrected chi connectivity index (χ4v) is 4.83. The first-order valence-electron chi connectivity index (χ1n) is 11.9. The lowest BCUT2D eigenvalue weighted by Gasteiger charge is -2.34. The van der Waals surface area contributed by atoms with Crippen molar-refractivity contribution in [3.05, 3.63) is 89.8 Å². The van der Waals surface area contributed by atoms with E-state index in [0.29, 0.717) is 22.6 Å². The van der Waals surface area contributed by atoms with Gasteiger partial charge in [-0.1, -0.05) is 18.2 Å². The molecule has 1 amide bonds. The van der Waals surface area contributed by atoms with Crippen LogP contribution in [0, 0.1) is 0 Å². The number of ketones is 1. The molecule has 5 rings (SSSR count). The molecule has 8 heteroatoms. The van der Waals surface area contributed by atoms with Crippen LogP contribution in [0.3, 0.4) is 0 Å². The van der Waals surface area contributed by atoms with Gasteiger partial charge in [-0.2, -0.15) is 0 Å². The number of Topliss-reactive ketones (excluding diaryl/α,β-unsaturated/α-hetero) is 1. The second-order valence-electron chi connectivity index (χ2n) is 8.96. The number of carbonyl (C=O) groups excluding carboxylic acids is 2. The molecule has 2 saturated heterocycles. The number of rotatable bonds is 5. The topological polar surface area (TPSA) is 86.2 Å². The second-order valence-corrected chi connectivity index (χ2v) is 8.96. The Morgan fingerprint density at radius 2 is 1.64 bits per heavy atom. The van der Waals surface area contributed by atoms with E-state index in [4.69, 9.17) is 4.74 Å². The number of aliphatic hydroxyl groups is 1. The number of hydrogen-bond donors (Lipinski definition) is 1. The second kappa shape index (κ2) is 9.83. The van der Waals surface area contributed by atoms with Gasteiger partial charge in [-0.05, 0) is 55.1 Å². The van der Waals surface area contributed by atoms with Crippen molar-refractivity contribution < 1.29 is 19.4 Å². The lowest BCUT2D eigenvalue weighted by Crippen LogP contribution is -2.44. The smallest absolute Gasteiger partial charge is 0.300 e. The summed E-state index contributed by atoms with van der Waals surface area (Å²) in [4.78, 5) is 37.0. The lowest BCUT2D eigenvalue weighted by atomic mass is 9.96. The Morgan fingerprint density at radius 3 is 2.31 bits per heavy atom. The number of methoxy groups -OCH3 is 1. The van der Waals surface area contributed by atoms with Crippen molar-refractivity contribution >= 4 is 28.8 Å². The predicted octanol–water partition coefficient (Wildman–Crippen LogP) is 3.47. The van der Waals surface area contributed by atoms with Gasteiger partial charge in [0.1, 0.15) is 11.5 Å². The third-order valence-electron chi connectivity index (χ3n) is 6.80. The van der Waals surface area contributed by atoms with Crippen molar-refractivity contribution in [2.45, 2.75) is 6.04 Å². The lowest BCUT2D eigenvalue weighted by molar-refractivity contribution is -0.132. The van der Waals surface area contributed by atoms with Gasteiger partial charge in [-0.25, -0.2) is 0 Å². The molecule has 2 fully saturated rings. The van der Waals surface area contributed by atoms with Crippen LogP contribution in [-0.4, -0.2) is 67.0 Å². The number of para-hydroxylation sites is 1. The van der Waals surface area contributed by atoms with Gasteiger partial charge in [0.15, 0.2) is 0 Å². The Labute approximate surface area is 210 Å². The number of aliphatic hydroxyl groups excluding tert-OH is 1. The zero-order valence-electron chi connectivity index (χ0n) is 20.3. The zero-order valence-corrected chi connectivity index (χ0v) is 20.3. The molecule has 1 atom stereocenters. The number of hydrogen-bond acceptors (Lipinski definition) is 7. The highest BCUT2D eigenvalue weighted by Gasteiger charge is 2.47. The van der Waals surface area contributed by atoms with E-state index in [1.54, 1.807) is 48.8 Å². The molecule has 36 heavy (non-hydrogen) atoms. The quantitative estimate of drug-likeness (QED) is 0.337. The van der Waals surface area contributed by atoms with Gasteiger partial charge in [0.2, 0.25) is 0 Å². The number of piperazine rings is 1. The first-order chi connectivity index (χ1) is 17.5. The Kier molecular flexibility index (Phi) is 6.43. The molecule has 0 bridgehead atoms. The van der Waals surface area contributed by atoms with Gasteiger partial charge in [-0.3, -0.25) is 19.5 Å². The summed E-state index contributed by atoms with van der Waals surface area (Å²) < 4.78 is 5.39. The van der Waals surface area contributed by atoms with Crippen molar-refractivity contribution in [2.75, 3.05) is 50.1 Å². The van der Waals surface area contributed by atoms with E-state index in [1.165, 1.54) is 12.0 Å². The summed E-state index contributed by atoms with van der Waals surface area (Å²) in [6.07, 6.45) is 3.23. The Hall–Kier alpha value is -4.17. The molecule has 1 aromatic heterocycles. The molecule has 2 aliphatic heterocycles. The van der Waals surface area contributed by atoms with Gasteiger partial charge in [0, 0.05) is 49.9 Å². The molecule has 3 heterocycles. The third-order valence-corrected chi connectivity index (χ3v) is 6.80. The number of benzene rings is 2. The predicted molar refractivity (Wildman–Crippen MR) is 138 cm³/mol. The van der Waals surface area contributed by atoms with Crippen LogP contribution in [0.15, 0.2) is 78.6 Å². The maximum absolute atomic E-state index is 13.4. The maximum Gasteiger partial charge on any atom is 0.300 e. The van der Waals surface area contributed by atoms with E-state index >= 15 is 0 Å². The monoisotopic (exact) mass is 484 g/mol. The summed E-state index contributed by atoms with van der Waals surface area (Å²) in [5.74, 6) is -1.33. The Morgan fingerprint density at radius 1 is 0.944 bits per heavy atom. The fraction of sp³-hybridized carbons (Fsp3) is 0.250. The minimum absolute atomic E-state index is 0.000597. The first-order valence-corrected chi connectivity index (χ1v) is 11.9. The normalized spacial score (nSPS) is 20.1. The van der Waals surface area contributed by atoms with E-state index < -0.39 is 17.7 Å². The van der Waals surface area contributed by atoms with Crippen molar-refractivity contribution in [3.63, 3.8) is 0 Å². The summed E-state index contributed by atoms with van der Waals surface area (Å²) in [5, 5.41) is 11.3. The van der Waals surface area contributed by atoms with E-state index in [0.717, 1.165) is 31.9 Å². The number of anilines is 2. The summed E-state index contributed by atoms with van der Waals surface area (Å²) >= 11 is 0. The number of amides is 1. The third kappa shape index (κ3) is 4.20. The number of aromatic nitrogens is 1. The molecule has 1 unspecified atom stereocenters. The molecule has 0 aliphatic carbocycles. The van der Waals surface area contributed by atoms with Crippen molar-refractivity contribution in [2.24, 2.45) is 0 Å². The van der Waals surface area contributed by atoms with Crippen molar-refractivity contribution in [1.29, 1.82) is 0 Å². The Balaban J connectivity index is 1.58. The number of ether oxygens (including phenoxy) is 1. The number of pyridine rings is 1. The van der Waals surface area contributed by atoms with Crippen LogP contribution in [-0.2, 0) is 9.59 Å². The highest BCUT2D eigenvalue weighted by molar-refractivity contribution is 6.51. The molecule has 1 N–H and O–H groups in total. The van der Waals surface area contributed by atoms with Gasteiger partial charge in [0.05, 0.1) is 24.3 Å². The summed E-state index contributed by atoms with van der Waals surface area (Å²) in [5.41, 5.74) is 2.60. The summed E-state index contributed by atoms with van der Waals surface area (Å²) in [6.45, 7) is 3.82. The molecule has 184 valence electrons. The van der Waals surface area contributed by atoms with Gasteiger partial charge < -0.3 is 19.6 Å². The van der Waals surface area contributed by atoms with E-state index in [9.17, 15) is 14.7 Å². The minimum atomic E-state index is -0.835. The molecular formula is C28H28N4O4. The average Bonchev–Trinajstić information content (AvgIpc) is 3.19. The summed E-state index contributed by atoms with van der Waals surface area (Å²) in [6, 6.07) is 17.2. The average molecular weight is 485 g/mol. The molecular weight excluding hydrogens is 456 g/mol. The van der Waals surface area contributed by atoms with Crippen LogP contribution in [0.1, 0.15) is 17.2 Å². The standard InChI is InChI=1S/C28H28N4O4/c1-30-14-16-31(17-15-30)20-9-11-21(12-10-20)32-25(19-6-5-13-29-18-19)24(27(34)28(32)35)26(33)22-7-3-4-8-23(22)36-2/h3-13,18,25,33H,14-17H2,1-2H3/b26-24+. The van der Waals surface area contributed by atoms with E-state index in [-0.39, 0.29) is 11.3 Å². The number of likely N-dealkylation sites (N-methyl/N-ethyl adjacent to an activating group) is 1. The van der Waals surface area contributed by atoms with Crippen LogP contribution in [0.5, 0.6) is 5.75 Å². The fourth-order valence-electron chi connectivity index (χ4n) is 4.83. The van der Waals surface area contributed by atoms with Crippen molar-refractivity contribution in [3.8, 4) is 5.75 Å². The van der Waals surface area contributed by atoms with Crippen LogP contribution >= 0.6 is 0 Å². The molecule has 0 radical (unpaired) electrons. The van der Waals surface area contributed by atoms with Crippen LogP contribution < -0.4 is 14.5 Å².